The average Bonchev–Trinajstić information content (AvgIpc) is 2.51. The number of hydrogen-bond donors (Lipinski definition) is 1. The number of amides is 1. The predicted octanol–water partition coefficient (Wildman–Crippen LogP) is 3.07. The minimum atomic E-state index is -1.19. The Labute approximate surface area is 151 Å². The largest absolute Gasteiger partial charge is 0.343 e. The number of likely N-dealkylation sites (tertiary alicyclic amines) is 1. The van der Waals surface area contributed by atoms with E-state index in [-0.39, 0.29) is 24.4 Å². The molecular weight excluding hydrogens is 357 g/mol. The molecule has 1 aromatic carbocycles. The van der Waals surface area contributed by atoms with Gasteiger partial charge in [-0.3, -0.25) is 9.59 Å². The van der Waals surface area contributed by atoms with E-state index in [2.05, 4.69) is 0 Å². The molecule has 1 saturated heterocycles. The molecule has 0 saturated carbocycles. The lowest BCUT2D eigenvalue weighted by Gasteiger charge is -2.31. The van der Waals surface area contributed by atoms with E-state index in [9.17, 15) is 22.8 Å². The Morgan fingerprint density at radius 3 is 2.20 bits per heavy atom. The van der Waals surface area contributed by atoms with E-state index in [1.54, 1.807) is 4.90 Å². The van der Waals surface area contributed by atoms with Gasteiger partial charge in [-0.1, -0.05) is 0 Å². The fourth-order valence-corrected chi connectivity index (χ4v) is 2.88. The Morgan fingerprint density at radius 2 is 1.72 bits per heavy atom. The van der Waals surface area contributed by atoms with E-state index in [1.165, 1.54) is 0 Å². The van der Waals surface area contributed by atoms with Crippen LogP contribution in [0.25, 0.3) is 0 Å². The summed E-state index contributed by atoms with van der Waals surface area (Å²) in [4.78, 5) is 26.0. The minimum Gasteiger partial charge on any atom is -0.343 e. The first-order chi connectivity index (χ1) is 11.3. The second kappa shape index (κ2) is 9.20. The Kier molecular flexibility index (Phi) is 7.89. The Hall–Kier alpha value is -1.60. The quantitative estimate of drug-likeness (QED) is 0.801. The zero-order chi connectivity index (χ0) is 17.9. The van der Waals surface area contributed by atoms with Crippen molar-refractivity contribution in [2.75, 3.05) is 13.1 Å². The van der Waals surface area contributed by atoms with Crippen LogP contribution in [0, 0.1) is 23.4 Å². The van der Waals surface area contributed by atoms with Crippen LogP contribution in [-0.4, -0.2) is 35.7 Å². The third-order valence-corrected chi connectivity index (χ3v) is 4.29. The van der Waals surface area contributed by atoms with Gasteiger partial charge in [0.1, 0.15) is 17.5 Å². The number of carbonyl (C=O) groups is 2. The van der Waals surface area contributed by atoms with Gasteiger partial charge in [0.15, 0.2) is 5.78 Å². The number of ketones is 1. The molecule has 140 valence electrons. The van der Waals surface area contributed by atoms with Crippen molar-refractivity contribution in [1.29, 1.82) is 0 Å². The van der Waals surface area contributed by atoms with Crippen LogP contribution in [0.3, 0.4) is 0 Å². The monoisotopic (exact) mass is 378 g/mol. The van der Waals surface area contributed by atoms with Crippen LogP contribution in [0.1, 0.15) is 43.0 Å². The Bertz CT molecular complexity index is 609. The first-order valence-electron chi connectivity index (χ1n) is 8.01. The van der Waals surface area contributed by atoms with Crippen molar-refractivity contribution in [3.05, 3.63) is 35.1 Å². The third-order valence-electron chi connectivity index (χ3n) is 4.29. The number of nitrogens with zero attached hydrogens (tertiary/aromatic N) is 1. The SMILES string of the molecule is CC(N)CCC(=O)N1CCC(C(=O)c2c(F)cc(F)cc2F)CC1.Cl. The number of carbonyl (C=O) groups excluding carboxylic acids is 2. The third kappa shape index (κ3) is 5.44. The van der Waals surface area contributed by atoms with Crippen LogP contribution in [-0.2, 0) is 4.79 Å². The van der Waals surface area contributed by atoms with Crippen LogP contribution in [0.4, 0.5) is 13.2 Å². The molecule has 1 fully saturated rings. The molecule has 1 unspecified atom stereocenters. The van der Waals surface area contributed by atoms with Crippen LogP contribution >= 0.6 is 12.4 Å². The van der Waals surface area contributed by atoms with Crippen LogP contribution in [0.5, 0.6) is 0 Å². The summed E-state index contributed by atoms with van der Waals surface area (Å²) in [6.45, 7) is 2.54. The molecule has 1 aliphatic heterocycles. The maximum Gasteiger partial charge on any atom is 0.222 e. The van der Waals surface area contributed by atoms with Crippen molar-refractivity contribution in [1.82, 2.24) is 4.90 Å². The molecule has 0 bridgehead atoms. The number of Topliss-reactive ketones (excluding diaryl/α,β-unsaturated/α-hetero) is 1. The van der Waals surface area contributed by atoms with Gasteiger partial charge in [0.05, 0.1) is 5.56 Å². The number of hydrogen-bond acceptors (Lipinski definition) is 3. The second-order valence-electron chi connectivity index (χ2n) is 6.28. The molecule has 1 aliphatic rings. The minimum absolute atomic E-state index is 0. The molecule has 1 aromatic rings. The zero-order valence-corrected chi connectivity index (χ0v) is 14.8. The van der Waals surface area contributed by atoms with Crippen LogP contribution < -0.4 is 5.73 Å². The van der Waals surface area contributed by atoms with Gasteiger partial charge in [-0.2, -0.15) is 0 Å². The highest BCUT2D eigenvalue weighted by Gasteiger charge is 2.31. The molecule has 8 heteroatoms. The first-order valence-corrected chi connectivity index (χ1v) is 8.01. The molecule has 2 N–H and O–H groups in total. The molecular formula is C17H22ClF3N2O2. The first kappa shape index (κ1) is 21.4. The van der Waals surface area contributed by atoms with Crippen molar-refractivity contribution >= 4 is 24.1 Å². The summed E-state index contributed by atoms with van der Waals surface area (Å²) >= 11 is 0. The second-order valence-corrected chi connectivity index (χ2v) is 6.28. The average molecular weight is 379 g/mol. The summed E-state index contributed by atoms with van der Waals surface area (Å²) in [5.74, 6) is -4.71. The van der Waals surface area contributed by atoms with Crippen LogP contribution in [0.2, 0.25) is 0 Å². The van der Waals surface area contributed by atoms with Gasteiger partial charge in [0, 0.05) is 43.6 Å². The number of rotatable bonds is 5. The molecule has 25 heavy (non-hydrogen) atoms. The van der Waals surface area contributed by atoms with E-state index in [4.69, 9.17) is 5.73 Å². The van der Waals surface area contributed by atoms with Gasteiger partial charge in [0.2, 0.25) is 5.91 Å². The number of piperidine rings is 1. The van der Waals surface area contributed by atoms with E-state index in [1.807, 2.05) is 6.92 Å². The molecule has 1 atom stereocenters. The van der Waals surface area contributed by atoms with Gasteiger partial charge in [-0.25, -0.2) is 13.2 Å². The smallest absolute Gasteiger partial charge is 0.222 e. The highest BCUT2D eigenvalue weighted by Crippen LogP contribution is 2.25. The summed E-state index contributed by atoms with van der Waals surface area (Å²) < 4.78 is 40.4. The lowest BCUT2D eigenvalue weighted by atomic mass is 9.88. The van der Waals surface area contributed by atoms with Gasteiger partial charge < -0.3 is 10.6 Å². The maximum absolute atomic E-state index is 13.7. The maximum atomic E-state index is 13.7. The van der Waals surface area contributed by atoms with E-state index >= 15 is 0 Å². The van der Waals surface area contributed by atoms with E-state index < -0.39 is 34.7 Å². The summed E-state index contributed by atoms with van der Waals surface area (Å²) in [6, 6.07) is 0.948. The molecule has 0 spiro atoms. The molecule has 2 rings (SSSR count). The molecule has 4 nitrogen and oxygen atoms in total. The number of benzene rings is 1. The lowest BCUT2D eigenvalue weighted by molar-refractivity contribution is -0.132. The molecule has 0 aromatic heterocycles. The van der Waals surface area contributed by atoms with Crippen molar-refractivity contribution < 1.29 is 22.8 Å². The topological polar surface area (TPSA) is 63.4 Å². The molecule has 0 radical (unpaired) electrons. The number of halogens is 4. The summed E-state index contributed by atoms with van der Waals surface area (Å²) in [7, 11) is 0. The van der Waals surface area contributed by atoms with E-state index in [0.717, 1.165) is 0 Å². The highest BCUT2D eigenvalue weighted by molar-refractivity contribution is 5.98. The van der Waals surface area contributed by atoms with Gasteiger partial charge in [0.25, 0.3) is 0 Å². The van der Waals surface area contributed by atoms with Gasteiger partial charge in [-0.15, -0.1) is 12.4 Å². The number of nitrogens with two attached hydrogens (primary N) is 1. The summed E-state index contributed by atoms with van der Waals surface area (Å²) in [5, 5.41) is 0. The van der Waals surface area contributed by atoms with Crippen molar-refractivity contribution in [2.24, 2.45) is 11.7 Å². The van der Waals surface area contributed by atoms with Crippen molar-refractivity contribution in [3.8, 4) is 0 Å². The van der Waals surface area contributed by atoms with Crippen LogP contribution in [0.15, 0.2) is 12.1 Å². The lowest BCUT2D eigenvalue weighted by Crippen LogP contribution is -2.40. The molecule has 1 heterocycles. The zero-order valence-electron chi connectivity index (χ0n) is 13.9. The Morgan fingerprint density at radius 1 is 1.20 bits per heavy atom. The summed E-state index contributed by atoms with van der Waals surface area (Å²) in [6.07, 6.45) is 1.60. The fourth-order valence-electron chi connectivity index (χ4n) is 2.88. The standard InChI is InChI=1S/C17H21F3N2O2.ClH/c1-10(21)2-3-15(23)22-6-4-11(5-7-22)17(24)16-13(19)8-12(18)9-14(16)20;/h8-11H,2-7,21H2,1H3;1H. The predicted molar refractivity (Wildman–Crippen MR) is 90.1 cm³/mol. The van der Waals surface area contributed by atoms with Gasteiger partial charge >= 0.3 is 0 Å². The summed E-state index contributed by atoms with van der Waals surface area (Å²) in [5.41, 5.74) is 4.93. The molecule has 1 amide bonds. The van der Waals surface area contributed by atoms with Crippen molar-refractivity contribution in [2.45, 2.75) is 38.6 Å². The fraction of sp³-hybridized carbons (Fsp3) is 0.529. The van der Waals surface area contributed by atoms with Crippen molar-refractivity contribution in [3.63, 3.8) is 0 Å². The Balaban J connectivity index is 0.00000312. The van der Waals surface area contributed by atoms with Gasteiger partial charge in [-0.05, 0) is 26.2 Å². The normalized spacial score (nSPS) is 16.3. The molecule has 0 aliphatic carbocycles. The highest BCUT2D eigenvalue weighted by atomic mass is 35.5. The van der Waals surface area contributed by atoms with E-state index in [0.29, 0.717) is 50.9 Å².